The summed E-state index contributed by atoms with van der Waals surface area (Å²) in [5.41, 5.74) is 9.79. The van der Waals surface area contributed by atoms with Crippen molar-refractivity contribution in [3.8, 4) is 28.2 Å². The van der Waals surface area contributed by atoms with Gasteiger partial charge < -0.3 is 20.2 Å². The molecule has 31 heavy (non-hydrogen) atoms. The SMILES string of the molecule is COc1ccc(-c2c(-c3ccccc3)oc3ncnc(NC4CCCC(N)C4)c23)cc1. The van der Waals surface area contributed by atoms with E-state index in [0.29, 0.717) is 11.8 Å². The van der Waals surface area contributed by atoms with Gasteiger partial charge in [0.2, 0.25) is 5.71 Å². The van der Waals surface area contributed by atoms with E-state index in [1.54, 1.807) is 13.4 Å². The number of ether oxygens (including phenoxy) is 1. The normalized spacial score (nSPS) is 18.8. The molecular weight excluding hydrogens is 388 g/mol. The lowest BCUT2D eigenvalue weighted by molar-refractivity contribution is 0.409. The van der Waals surface area contributed by atoms with Crippen LogP contribution in [0.5, 0.6) is 5.75 Å². The molecule has 2 heterocycles. The third kappa shape index (κ3) is 3.86. The molecule has 2 aromatic heterocycles. The summed E-state index contributed by atoms with van der Waals surface area (Å²) in [6.07, 6.45) is 5.79. The maximum atomic E-state index is 6.30. The number of hydrogen-bond donors (Lipinski definition) is 2. The largest absolute Gasteiger partial charge is 0.497 e. The summed E-state index contributed by atoms with van der Waals surface area (Å²) in [6.45, 7) is 0. The van der Waals surface area contributed by atoms with Crippen LogP contribution < -0.4 is 15.8 Å². The summed E-state index contributed by atoms with van der Waals surface area (Å²) in [7, 11) is 1.67. The van der Waals surface area contributed by atoms with Crippen LogP contribution in [0.15, 0.2) is 65.3 Å². The van der Waals surface area contributed by atoms with Gasteiger partial charge in [0.25, 0.3) is 0 Å². The van der Waals surface area contributed by atoms with Crippen molar-refractivity contribution in [3.05, 3.63) is 60.9 Å². The van der Waals surface area contributed by atoms with Crippen molar-refractivity contribution in [3.63, 3.8) is 0 Å². The maximum Gasteiger partial charge on any atom is 0.232 e. The number of hydrogen-bond acceptors (Lipinski definition) is 6. The van der Waals surface area contributed by atoms with E-state index in [0.717, 1.165) is 65.1 Å². The summed E-state index contributed by atoms with van der Waals surface area (Å²) >= 11 is 0. The molecule has 4 aromatic rings. The van der Waals surface area contributed by atoms with Gasteiger partial charge >= 0.3 is 0 Å². The average Bonchev–Trinajstić information content (AvgIpc) is 3.20. The molecule has 1 saturated carbocycles. The highest BCUT2D eigenvalue weighted by molar-refractivity contribution is 6.05. The molecule has 2 atom stereocenters. The minimum Gasteiger partial charge on any atom is -0.497 e. The van der Waals surface area contributed by atoms with Gasteiger partial charge in [0.1, 0.15) is 23.7 Å². The predicted molar refractivity (Wildman–Crippen MR) is 123 cm³/mol. The molecule has 0 amide bonds. The van der Waals surface area contributed by atoms with Crippen LogP contribution >= 0.6 is 0 Å². The van der Waals surface area contributed by atoms with Crippen LogP contribution in [-0.4, -0.2) is 29.2 Å². The zero-order chi connectivity index (χ0) is 21.2. The van der Waals surface area contributed by atoms with Gasteiger partial charge in [-0.25, -0.2) is 9.97 Å². The summed E-state index contributed by atoms with van der Waals surface area (Å²) in [5, 5.41) is 4.53. The van der Waals surface area contributed by atoms with Crippen LogP contribution in [0.4, 0.5) is 5.82 Å². The molecule has 158 valence electrons. The lowest BCUT2D eigenvalue weighted by Gasteiger charge is -2.27. The van der Waals surface area contributed by atoms with Crippen LogP contribution in [0.25, 0.3) is 33.6 Å². The second kappa shape index (κ2) is 8.40. The first-order chi connectivity index (χ1) is 15.2. The van der Waals surface area contributed by atoms with E-state index in [9.17, 15) is 0 Å². The number of methoxy groups -OCH3 is 1. The minimum absolute atomic E-state index is 0.230. The molecule has 0 bridgehead atoms. The topological polar surface area (TPSA) is 86.2 Å². The van der Waals surface area contributed by atoms with E-state index in [1.807, 2.05) is 54.6 Å². The van der Waals surface area contributed by atoms with E-state index in [1.165, 1.54) is 0 Å². The summed E-state index contributed by atoms with van der Waals surface area (Å²) in [4.78, 5) is 9.05. The Morgan fingerprint density at radius 1 is 1.00 bits per heavy atom. The van der Waals surface area contributed by atoms with Crippen molar-refractivity contribution in [1.82, 2.24) is 9.97 Å². The average molecular weight is 415 g/mol. The van der Waals surface area contributed by atoms with Crippen molar-refractivity contribution >= 4 is 16.9 Å². The number of nitrogens with zero attached hydrogens (tertiary/aromatic N) is 2. The highest BCUT2D eigenvalue weighted by Gasteiger charge is 2.25. The zero-order valence-electron chi connectivity index (χ0n) is 17.5. The number of furan rings is 1. The number of anilines is 1. The first-order valence-corrected chi connectivity index (χ1v) is 10.7. The van der Waals surface area contributed by atoms with Crippen LogP contribution in [0.2, 0.25) is 0 Å². The van der Waals surface area contributed by atoms with Gasteiger partial charge in [0.05, 0.1) is 12.5 Å². The Balaban J connectivity index is 1.68. The van der Waals surface area contributed by atoms with Crippen molar-refractivity contribution in [2.75, 3.05) is 12.4 Å². The molecule has 0 radical (unpaired) electrons. The van der Waals surface area contributed by atoms with E-state index < -0.39 is 0 Å². The molecule has 6 heteroatoms. The number of fused-ring (bicyclic) bond motifs is 1. The first kappa shape index (κ1) is 19.6. The summed E-state index contributed by atoms with van der Waals surface area (Å²) < 4.78 is 11.7. The lowest BCUT2D eigenvalue weighted by Crippen LogP contribution is -2.35. The first-order valence-electron chi connectivity index (χ1n) is 10.7. The van der Waals surface area contributed by atoms with Gasteiger partial charge in [-0.15, -0.1) is 0 Å². The van der Waals surface area contributed by atoms with Crippen LogP contribution in [-0.2, 0) is 0 Å². The molecule has 0 aliphatic heterocycles. The third-order valence-electron chi connectivity index (χ3n) is 5.96. The quantitative estimate of drug-likeness (QED) is 0.464. The smallest absolute Gasteiger partial charge is 0.232 e. The third-order valence-corrected chi connectivity index (χ3v) is 5.96. The highest BCUT2D eigenvalue weighted by atomic mass is 16.5. The molecule has 0 saturated heterocycles. The van der Waals surface area contributed by atoms with Crippen molar-refractivity contribution in [2.45, 2.75) is 37.8 Å². The second-order valence-corrected chi connectivity index (χ2v) is 8.07. The molecule has 6 nitrogen and oxygen atoms in total. The molecule has 2 aromatic carbocycles. The number of aromatic nitrogens is 2. The summed E-state index contributed by atoms with van der Waals surface area (Å²) in [6, 6.07) is 18.6. The Morgan fingerprint density at radius 3 is 2.55 bits per heavy atom. The minimum atomic E-state index is 0.230. The lowest BCUT2D eigenvalue weighted by atomic mass is 9.91. The number of nitrogens with two attached hydrogens (primary N) is 1. The Morgan fingerprint density at radius 2 is 1.81 bits per heavy atom. The van der Waals surface area contributed by atoms with Gasteiger partial charge in [-0.3, -0.25) is 0 Å². The van der Waals surface area contributed by atoms with Gasteiger partial charge in [0.15, 0.2) is 0 Å². The summed E-state index contributed by atoms with van der Waals surface area (Å²) in [5.74, 6) is 2.38. The Kier molecular flexibility index (Phi) is 5.30. The van der Waals surface area contributed by atoms with Gasteiger partial charge in [-0.1, -0.05) is 42.5 Å². The molecule has 5 rings (SSSR count). The van der Waals surface area contributed by atoms with Gasteiger partial charge in [0, 0.05) is 23.2 Å². The van der Waals surface area contributed by atoms with Crippen LogP contribution in [0.3, 0.4) is 0 Å². The van der Waals surface area contributed by atoms with Crippen molar-refractivity contribution in [1.29, 1.82) is 0 Å². The predicted octanol–water partition coefficient (Wildman–Crippen LogP) is 5.25. The van der Waals surface area contributed by atoms with E-state index in [4.69, 9.17) is 14.9 Å². The Labute approximate surface area is 181 Å². The number of benzene rings is 2. The fourth-order valence-corrected chi connectivity index (χ4v) is 4.42. The second-order valence-electron chi connectivity index (χ2n) is 8.07. The molecule has 2 unspecified atom stereocenters. The molecule has 1 fully saturated rings. The monoisotopic (exact) mass is 414 g/mol. The van der Waals surface area contributed by atoms with Gasteiger partial charge in [-0.2, -0.15) is 0 Å². The van der Waals surface area contributed by atoms with E-state index >= 15 is 0 Å². The van der Waals surface area contributed by atoms with Crippen LogP contribution in [0.1, 0.15) is 25.7 Å². The maximum absolute atomic E-state index is 6.30. The Hall–Kier alpha value is -3.38. The molecule has 3 N–H and O–H groups in total. The molecule has 1 aliphatic carbocycles. The van der Waals surface area contributed by atoms with Crippen LogP contribution in [0, 0.1) is 0 Å². The number of nitrogens with one attached hydrogen (secondary N) is 1. The zero-order valence-corrected chi connectivity index (χ0v) is 17.5. The van der Waals surface area contributed by atoms with Crippen molar-refractivity contribution in [2.24, 2.45) is 5.73 Å². The fourth-order valence-electron chi connectivity index (χ4n) is 4.42. The van der Waals surface area contributed by atoms with Crippen molar-refractivity contribution < 1.29 is 9.15 Å². The standard InChI is InChI=1S/C25H26N4O2/c1-30-20-12-10-16(11-13-20)21-22-24(29-19-9-5-8-18(26)14-19)27-15-28-25(22)31-23(21)17-6-3-2-4-7-17/h2-4,6-7,10-13,15,18-19H,5,8-9,14,26H2,1H3,(H,27,28,29). The van der Waals surface area contributed by atoms with Gasteiger partial charge in [-0.05, 0) is 43.4 Å². The van der Waals surface area contributed by atoms with E-state index in [-0.39, 0.29) is 6.04 Å². The van der Waals surface area contributed by atoms with E-state index in [2.05, 4.69) is 15.3 Å². The number of rotatable bonds is 5. The Bertz CT molecular complexity index is 1170. The fraction of sp³-hybridized carbons (Fsp3) is 0.280. The highest BCUT2D eigenvalue weighted by Crippen LogP contribution is 2.43. The molecule has 0 spiro atoms. The molecule has 1 aliphatic rings. The molecular formula is C25H26N4O2.